The average Bonchev–Trinajstić information content (AvgIpc) is 2.31. The van der Waals surface area contributed by atoms with Gasteiger partial charge in [0.25, 0.3) is 0 Å². The molecule has 0 unspecified atom stereocenters. The fraction of sp³-hybridized carbons (Fsp3) is 0.182. The van der Waals surface area contributed by atoms with E-state index in [0.29, 0.717) is 11.3 Å². The number of amides is 1. The van der Waals surface area contributed by atoms with E-state index in [4.69, 9.17) is 10.4 Å². The van der Waals surface area contributed by atoms with Gasteiger partial charge in [-0.1, -0.05) is 15.9 Å². The molecule has 0 aliphatic rings. The number of carbonyl (C=O) groups excluding carboxylic acids is 1. The van der Waals surface area contributed by atoms with Gasteiger partial charge in [0, 0.05) is 4.47 Å². The quantitative estimate of drug-likeness (QED) is 0.863. The maximum Gasteiger partial charge on any atom is 0.313 e. The number of anilines is 1. The van der Waals surface area contributed by atoms with Gasteiger partial charge in [-0.15, -0.1) is 11.8 Å². The van der Waals surface area contributed by atoms with Crippen molar-refractivity contribution in [2.75, 3.05) is 16.8 Å². The van der Waals surface area contributed by atoms with Crippen LogP contribution in [0, 0.1) is 11.3 Å². The summed E-state index contributed by atoms with van der Waals surface area (Å²) < 4.78 is 0.748. The average molecular weight is 329 g/mol. The summed E-state index contributed by atoms with van der Waals surface area (Å²) in [6, 6.07) is 6.89. The number of hydrogen-bond donors (Lipinski definition) is 2. The van der Waals surface area contributed by atoms with Crippen LogP contribution in [0.3, 0.4) is 0 Å². The van der Waals surface area contributed by atoms with Gasteiger partial charge in [0.05, 0.1) is 22.8 Å². The number of carboxylic acid groups (broad SMARTS) is 1. The van der Waals surface area contributed by atoms with Crippen molar-refractivity contribution in [3.8, 4) is 6.07 Å². The van der Waals surface area contributed by atoms with Gasteiger partial charge in [0.1, 0.15) is 6.07 Å². The van der Waals surface area contributed by atoms with E-state index < -0.39 is 5.97 Å². The number of thioether (sulfide) groups is 1. The molecule has 0 fully saturated rings. The summed E-state index contributed by atoms with van der Waals surface area (Å²) in [5.74, 6) is -1.39. The van der Waals surface area contributed by atoms with E-state index in [1.165, 1.54) is 0 Å². The van der Waals surface area contributed by atoms with Crippen molar-refractivity contribution in [2.24, 2.45) is 0 Å². The van der Waals surface area contributed by atoms with E-state index in [1.807, 2.05) is 6.07 Å². The smallest absolute Gasteiger partial charge is 0.313 e. The summed E-state index contributed by atoms with van der Waals surface area (Å²) in [6.45, 7) is 0. The van der Waals surface area contributed by atoms with E-state index >= 15 is 0 Å². The first-order valence-corrected chi connectivity index (χ1v) is 6.76. The number of rotatable bonds is 5. The van der Waals surface area contributed by atoms with E-state index in [9.17, 15) is 9.59 Å². The van der Waals surface area contributed by atoms with Crippen LogP contribution in [-0.4, -0.2) is 28.5 Å². The number of carboxylic acids is 1. The van der Waals surface area contributed by atoms with Gasteiger partial charge < -0.3 is 10.4 Å². The van der Waals surface area contributed by atoms with Crippen molar-refractivity contribution in [3.05, 3.63) is 28.2 Å². The third-order valence-corrected chi connectivity index (χ3v) is 3.25. The molecule has 7 heteroatoms. The van der Waals surface area contributed by atoms with Crippen LogP contribution in [0.25, 0.3) is 0 Å². The van der Waals surface area contributed by atoms with Gasteiger partial charge in [0.2, 0.25) is 5.91 Å². The molecule has 0 bridgehead atoms. The first-order valence-electron chi connectivity index (χ1n) is 4.82. The lowest BCUT2D eigenvalue weighted by molar-refractivity contribution is -0.133. The Kier molecular flexibility index (Phi) is 5.68. The molecule has 2 N–H and O–H groups in total. The Hall–Kier alpha value is -1.52. The van der Waals surface area contributed by atoms with Crippen molar-refractivity contribution in [1.29, 1.82) is 5.26 Å². The molecule has 94 valence electrons. The standard InChI is InChI=1S/C11H9BrN2O3S/c12-8-1-2-9(7(3-8)4-13)14-10(15)5-18-6-11(16)17/h1-3H,5-6H2,(H,14,15)(H,16,17). The van der Waals surface area contributed by atoms with Crippen LogP contribution in [0.1, 0.15) is 5.56 Å². The molecule has 1 aromatic carbocycles. The highest BCUT2D eigenvalue weighted by Gasteiger charge is 2.08. The number of carbonyl (C=O) groups is 2. The largest absolute Gasteiger partial charge is 0.481 e. The Balaban J connectivity index is 2.59. The molecule has 0 heterocycles. The molecule has 0 aliphatic carbocycles. The Morgan fingerprint density at radius 1 is 1.44 bits per heavy atom. The summed E-state index contributed by atoms with van der Waals surface area (Å²) in [4.78, 5) is 21.8. The van der Waals surface area contributed by atoms with Crippen LogP contribution in [-0.2, 0) is 9.59 Å². The van der Waals surface area contributed by atoms with Crippen molar-refractivity contribution >= 4 is 45.3 Å². The molecule has 0 radical (unpaired) electrons. The van der Waals surface area contributed by atoms with Gasteiger partial charge >= 0.3 is 5.97 Å². The van der Waals surface area contributed by atoms with E-state index in [-0.39, 0.29) is 17.4 Å². The highest BCUT2D eigenvalue weighted by atomic mass is 79.9. The monoisotopic (exact) mass is 328 g/mol. The molecule has 1 aromatic rings. The number of benzene rings is 1. The normalized spacial score (nSPS) is 9.56. The summed E-state index contributed by atoms with van der Waals surface area (Å²) in [7, 11) is 0. The molecule has 0 aliphatic heterocycles. The molecule has 0 atom stereocenters. The van der Waals surface area contributed by atoms with Crippen LogP contribution in [0.5, 0.6) is 0 Å². The van der Waals surface area contributed by atoms with Crippen LogP contribution in [0.15, 0.2) is 22.7 Å². The van der Waals surface area contributed by atoms with Crippen LogP contribution >= 0.6 is 27.7 Å². The lowest BCUT2D eigenvalue weighted by Gasteiger charge is -2.06. The second-order valence-electron chi connectivity index (χ2n) is 3.24. The minimum absolute atomic E-state index is 0.0350. The maximum atomic E-state index is 11.5. The Bertz CT molecular complexity index is 514. The van der Waals surface area contributed by atoms with Crippen LogP contribution in [0.2, 0.25) is 0 Å². The van der Waals surface area contributed by atoms with Crippen molar-refractivity contribution in [2.45, 2.75) is 0 Å². The van der Waals surface area contributed by atoms with Crippen molar-refractivity contribution < 1.29 is 14.7 Å². The number of nitrogens with zero attached hydrogens (tertiary/aromatic N) is 1. The highest BCUT2D eigenvalue weighted by Crippen LogP contribution is 2.20. The van der Waals surface area contributed by atoms with Gasteiger partial charge in [-0.2, -0.15) is 5.26 Å². The Morgan fingerprint density at radius 2 is 2.17 bits per heavy atom. The third-order valence-electron chi connectivity index (χ3n) is 1.83. The van der Waals surface area contributed by atoms with E-state index in [0.717, 1.165) is 16.2 Å². The molecular weight excluding hydrogens is 320 g/mol. The summed E-state index contributed by atoms with van der Waals surface area (Å²) >= 11 is 4.23. The molecule has 0 saturated heterocycles. The van der Waals surface area contributed by atoms with E-state index in [2.05, 4.69) is 21.2 Å². The predicted molar refractivity (Wildman–Crippen MR) is 72.4 cm³/mol. The number of hydrogen-bond acceptors (Lipinski definition) is 4. The zero-order valence-electron chi connectivity index (χ0n) is 9.14. The molecule has 5 nitrogen and oxygen atoms in total. The van der Waals surface area contributed by atoms with Crippen LogP contribution < -0.4 is 5.32 Å². The van der Waals surface area contributed by atoms with Crippen LogP contribution in [0.4, 0.5) is 5.69 Å². The highest BCUT2D eigenvalue weighted by molar-refractivity contribution is 9.10. The second kappa shape index (κ2) is 7.03. The summed E-state index contributed by atoms with van der Waals surface area (Å²) in [5, 5.41) is 19.9. The first-order chi connectivity index (χ1) is 8.52. The number of aliphatic carboxylic acids is 1. The van der Waals surface area contributed by atoms with Crippen molar-refractivity contribution in [3.63, 3.8) is 0 Å². The van der Waals surface area contributed by atoms with Gasteiger partial charge in [0.15, 0.2) is 0 Å². The number of halogens is 1. The lowest BCUT2D eigenvalue weighted by atomic mass is 10.2. The SMILES string of the molecule is N#Cc1cc(Br)ccc1NC(=O)CSCC(=O)O. The zero-order valence-corrected chi connectivity index (χ0v) is 11.5. The number of nitriles is 1. The fourth-order valence-electron chi connectivity index (χ4n) is 1.14. The molecule has 0 aromatic heterocycles. The first kappa shape index (κ1) is 14.5. The lowest BCUT2D eigenvalue weighted by Crippen LogP contribution is -2.16. The second-order valence-corrected chi connectivity index (χ2v) is 5.14. The molecule has 1 amide bonds. The Morgan fingerprint density at radius 3 is 2.78 bits per heavy atom. The molecule has 18 heavy (non-hydrogen) atoms. The topological polar surface area (TPSA) is 90.2 Å². The van der Waals surface area contributed by atoms with Crippen molar-refractivity contribution in [1.82, 2.24) is 0 Å². The fourth-order valence-corrected chi connectivity index (χ4v) is 2.03. The Labute approximate surface area is 116 Å². The molecule has 0 saturated carbocycles. The summed E-state index contributed by atoms with van der Waals surface area (Å²) in [5.41, 5.74) is 0.766. The van der Waals surface area contributed by atoms with Gasteiger partial charge in [-0.05, 0) is 18.2 Å². The minimum atomic E-state index is -0.964. The molecule has 0 spiro atoms. The number of nitrogens with one attached hydrogen (secondary N) is 1. The van der Waals surface area contributed by atoms with E-state index in [1.54, 1.807) is 18.2 Å². The third kappa shape index (κ3) is 4.77. The molecule has 1 rings (SSSR count). The maximum absolute atomic E-state index is 11.5. The van der Waals surface area contributed by atoms with Gasteiger partial charge in [-0.3, -0.25) is 9.59 Å². The summed E-state index contributed by atoms with van der Waals surface area (Å²) in [6.07, 6.45) is 0. The van der Waals surface area contributed by atoms with Gasteiger partial charge in [-0.25, -0.2) is 0 Å². The zero-order chi connectivity index (χ0) is 13.5. The minimum Gasteiger partial charge on any atom is -0.481 e. The molecular formula is C11H9BrN2O3S. The predicted octanol–water partition coefficient (Wildman–Crippen LogP) is 2.08.